The third-order valence-corrected chi connectivity index (χ3v) is 7.48. The van der Waals surface area contributed by atoms with Crippen LogP contribution in [0.2, 0.25) is 0 Å². The maximum atomic E-state index is 13.6. The van der Waals surface area contributed by atoms with Gasteiger partial charge in [-0.25, -0.2) is 9.97 Å². The summed E-state index contributed by atoms with van der Waals surface area (Å²) in [4.78, 5) is 12.7. The van der Waals surface area contributed by atoms with Crippen molar-refractivity contribution >= 4 is 16.9 Å². The summed E-state index contributed by atoms with van der Waals surface area (Å²) in [5.41, 5.74) is 6.29. The minimum atomic E-state index is -4.14. The fourth-order valence-electron chi connectivity index (χ4n) is 5.65. The quantitative estimate of drug-likeness (QED) is 0.794. The zero-order chi connectivity index (χ0) is 21.8. The summed E-state index contributed by atoms with van der Waals surface area (Å²) >= 11 is 0. The number of fused-ring (bicyclic) bond motifs is 1. The van der Waals surface area contributed by atoms with E-state index in [0.717, 1.165) is 49.8 Å². The summed E-state index contributed by atoms with van der Waals surface area (Å²) < 4.78 is 49.1. The van der Waals surface area contributed by atoms with E-state index in [2.05, 4.69) is 19.8 Å². The molecular weight excluding hydrogens is 409 g/mol. The molecule has 0 aromatic carbocycles. The number of rotatable bonds is 3. The van der Waals surface area contributed by atoms with Crippen LogP contribution < -0.4 is 5.73 Å². The lowest BCUT2D eigenvalue weighted by Crippen LogP contribution is -2.53. The van der Waals surface area contributed by atoms with Crippen molar-refractivity contribution in [1.29, 1.82) is 0 Å². The minimum Gasteiger partial charge on any atom is -0.383 e. The Labute approximate surface area is 179 Å². The van der Waals surface area contributed by atoms with E-state index in [9.17, 15) is 13.2 Å². The van der Waals surface area contributed by atoms with Gasteiger partial charge in [-0.3, -0.25) is 4.90 Å². The van der Waals surface area contributed by atoms with Gasteiger partial charge in [-0.2, -0.15) is 13.2 Å². The molecule has 0 saturated carbocycles. The smallest absolute Gasteiger partial charge is 0.383 e. The molecule has 5 rings (SSSR count). The zero-order valence-electron chi connectivity index (χ0n) is 17.7. The van der Waals surface area contributed by atoms with Gasteiger partial charge in [-0.15, -0.1) is 0 Å². The van der Waals surface area contributed by atoms with Gasteiger partial charge >= 0.3 is 6.18 Å². The molecule has 3 atom stereocenters. The number of likely N-dealkylation sites (tertiary alicyclic amines) is 2. The van der Waals surface area contributed by atoms with E-state index in [1.54, 1.807) is 0 Å². The molecule has 5 heterocycles. The molecule has 0 amide bonds. The Morgan fingerprint density at radius 3 is 2.74 bits per heavy atom. The van der Waals surface area contributed by atoms with Gasteiger partial charge in [0.15, 0.2) is 0 Å². The summed E-state index contributed by atoms with van der Waals surface area (Å²) in [6.45, 7) is 2.30. The van der Waals surface area contributed by atoms with Crippen LogP contribution in [0.15, 0.2) is 18.6 Å². The van der Waals surface area contributed by atoms with Gasteiger partial charge in [0.25, 0.3) is 0 Å². The van der Waals surface area contributed by atoms with E-state index >= 15 is 0 Å². The summed E-state index contributed by atoms with van der Waals surface area (Å²) in [5, 5.41) is 0.785. The first-order valence-electron chi connectivity index (χ1n) is 11.0. The standard InChI is InChI=1S/C21H29F3N6O/c1-28-8-5-20(6-9-28)10-14(21(22,23)24)11-29(20)12-15-2-3-17(31-15)30-7-4-16-18(25)26-13-27-19(16)30/h4,7,13-15,17H,2-3,5-6,8-12H2,1H3,(H2,25,26,27). The highest BCUT2D eigenvalue weighted by Gasteiger charge is 2.55. The van der Waals surface area contributed by atoms with E-state index < -0.39 is 12.1 Å². The lowest BCUT2D eigenvalue weighted by Gasteiger charge is -2.45. The average Bonchev–Trinajstić information content (AvgIpc) is 3.43. The molecule has 10 heteroatoms. The number of nitrogens with two attached hydrogens (primary N) is 1. The SMILES string of the molecule is CN1CCC2(CC1)CC(C(F)(F)F)CN2CC1CCC(n2ccc3c(N)ncnc32)O1. The first-order valence-corrected chi connectivity index (χ1v) is 11.0. The lowest BCUT2D eigenvalue weighted by atomic mass is 9.82. The second-order valence-electron chi connectivity index (χ2n) is 9.38. The van der Waals surface area contributed by atoms with Crippen LogP contribution in [0.25, 0.3) is 11.0 Å². The van der Waals surface area contributed by atoms with E-state index in [0.29, 0.717) is 12.4 Å². The Bertz CT molecular complexity index is 939. The molecule has 3 unspecified atom stereocenters. The molecule has 3 aliphatic heterocycles. The van der Waals surface area contributed by atoms with Crippen LogP contribution >= 0.6 is 0 Å². The predicted octanol–water partition coefficient (Wildman–Crippen LogP) is 3.04. The first-order chi connectivity index (χ1) is 14.7. The molecule has 0 radical (unpaired) electrons. The summed E-state index contributed by atoms with van der Waals surface area (Å²) in [5.74, 6) is -0.820. The van der Waals surface area contributed by atoms with Gasteiger partial charge in [0.05, 0.1) is 17.4 Å². The number of alkyl halides is 3. The highest BCUT2D eigenvalue weighted by Crippen LogP contribution is 2.47. The molecule has 0 bridgehead atoms. The van der Waals surface area contributed by atoms with Crippen LogP contribution in [0.1, 0.15) is 38.3 Å². The highest BCUT2D eigenvalue weighted by atomic mass is 19.4. The number of ether oxygens (including phenoxy) is 1. The van der Waals surface area contributed by atoms with Gasteiger partial charge in [0, 0.05) is 24.8 Å². The molecule has 2 N–H and O–H groups in total. The third kappa shape index (κ3) is 3.78. The molecule has 170 valence electrons. The van der Waals surface area contributed by atoms with E-state index in [1.165, 1.54) is 6.33 Å². The van der Waals surface area contributed by atoms with Crippen molar-refractivity contribution in [2.24, 2.45) is 5.92 Å². The predicted molar refractivity (Wildman–Crippen MR) is 110 cm³/mol. The Balaban J connectivity index is 1.31. The molecule has 31 heavy (non-hydrogen) atoms. The number of nitrogen functional groups attached to an aromatic ring is 1. The molecule has 3 saturated heterocycles. The number of halogens is 3. The van der Waals surface area contributed by atoms with Crippen LogP contribution in [0.3, 0.4) is 0 Å². The van der Waals surface area contributed by atoms with Crippen molar-refractivity contribution in [3.8, 4) is 0 Å². The van der Waals surface area contributed by atoms with Crippen LogP contribution in [-0.2, 0) is 4.74 Å². The average molecular weight is 438 g/mol. The first kappa shape index (κ1) is 21.0. The topological polar surface area (TPSA) is 72.4 Å². The second kappa shape index (κ2) is 7.60. The Morgan fingerprint density at radius 2 is 2.00 bits per heavy atom. The van der Waals surface area contributed by atoms with Crippen LogP contribution in [0.4, 0.5) is 19.0 Å². The molecule has 2 aromatic heterocycles. The Kier molecular flexibility index (Phi) is 5.14. The number of anilines is 1. The third-order valence-electron chi connectivity index (χ3n) is 7.48. The lowest BCUT2D eigenvalue weighted by molar-refractivity contribution is -0.171. The van der Waals surface area contributed by atoms with Crippen molar-refractivity contribution < 1.29 is 17.9 Å². The molecule has 3 aliphatic rings. The zero-order valence-corrected chi connectivity index (χ0v) is 17.7. The minimum absolute atomic E-state index is 0.0773. The number of piperidine rings is 1. The van der Waals surface area contributed by atoms with Crippen molar-refractivity contribution in [2.75, 3.05) is 39.0 Å². The monoisotopic (exact) mass is 438 g/mol. The van der Waals surface area contributed by atoms with E-state index in [-0.39, 0.29) is 30.8 Å². The van der Waals surface area contributed by atoms with E-state index in [4.69, 9.17) is 10.5 Å². The molecule has 2 aromatic rings. The largest absolute Gasteiger partial charge is 0.393 e. The highest BCUT2D eigenvalue weighted by molar-refractivity contribution is 5.86. The van der Waals surface area contributed by atoms with Gasteiger partial charge in [-0.1, -0.05) is 0 Å². The number of hydrogen-bond acceptors (Lipinski definition) is 6. The van der Waals surface area contributed by atoms with Crippen LogP contribution in [0.5, 0.6) is 0 Å². The second-order valence-corrected chi connectivity index (χ2v) is 9.38. The molecule has 1 spiro atoms. The van der Waals surface area contributed by atoms with Crippen LogP contribution in [0, 0.1) is 5.92 Å². The van der Waals surface area contributed by atoms with Gasteiger partial charge < -0.3 is 19.9 Å². The van der Waals surface area contributed by atoms with Crippen molar-refractivity contribution in [3.63, 3.8) is 0 Å². The van der Waals surface area contributed by atoms with Crippen molar-refractivity contribution in [1.82, 2.24) is 24.3 Å². The normalized spacial score (nSPS) is 30.0. The fraction of sp³-hybridized carbons (Fsp3) is 0.714. The molecule has 7 nitrogen and oxygen atoms in total. The van der Waals surface area contributed by atoms with Gasteiger partial charge in [-0.05, 0) is 58.3 Å². The summed E-state index contributed by atoms with van der Waals surface area (Å²) in [6, 6.07) is 1.88. The van der Waals surface area contributed by atoms with Crippen molar-refractivity contribution in [2.45, 2.75) is 56.2 Å². The molecular formula is C21H29F3N6O. The number of aromatic nitrogens is 3. The number of hydrogen-bond donors (Lipinski definition) is 1. The van der Waals surface area contributed by atoms with Crippen LogP contribution in [-0.4, -0.2) is 75.4 Å². The maximum absolute atomic E-state index is 13.6. The summed E-state index contributed by atoms with van der Waals surface area (Å²) in [7, 11) is 2.04. The van der Waals surface area contributed by atoms with E-state index in [1.807, 2.05) is 23.9 Å². The van der Waals surface area contributed by atoms with Gasteiger partial charge in [0.2, 0.25) is 0 Å². The molecule has 0 aliphatic carbocycles. The number of nitrogens with zero attached hydrogens (tertiary/aromatic N) is 5. The van der Waals surface area contributed by atoms with Crippen molar-refractivity contribution in [3.05, 3.63) is 18.6 Å². The van der Waals surface area contributed by atoms with Gasteiger partial charge in [0.1, 0.15) is 24.0 Å². The maximum Gasteiger partial charge on any atom is 0.393 e. The Hall–Kier alpha value is -1.91. The Morgan fingerprint density at radius 1 is 1.23 bits per heavy atom. The summed E-state index contributed by atoms with van der Waals surface area (Å²) in [6.07, 6.45) is 2.29. The fourth-order valence-corrected chi connectivity index (χ4v) is 5.65. The molecule has 3 fully saturated rings.